The summed E-state index contributed by atoms with van der Waals surface area (Å²) in [6.07, 6.45) is 10.0. The van der Waals surface area contributed by atoms with Crippen molar-refractivity contribution in [3.05, 3.63) is 29.8 Å². The second kappa shape index (κ2) is 13.4. The minimum atomic E-state index is -0.223. The number of hydrogen-bond donors (Lipinski definition) is 3. The number of imide groups is 1. The highest BCUT2D eigenvalue weighted by Crippen LogP contribution is 2.42. The number of phenols is 1. The zero-order chi connectivity index (χ0) is 32.5. The highest BCUT2D eigenvalue weighted by atomic mass is 32.2. The molecule has 45 heavy (non-hydrogen) atoms. The van der Waals surface area contributed by atoms with Gasteiger partial charge in [-0.2, -0.15) is 0 Å². The average molecular weight is 638 g/mol. The molecule has 0 radical (unpaired) electrons. The van der Waals surface area contributed by atoms with Gasteiger partial charge in [0.05, 0.1) is 5.52 Å². The van der Waals surface area contributed by atoms with Crippen LogP contribution in [-0.4, -0.2) is 63.6 Å². The molecule has 3 N–H and O–H groups in total. The first-order valence-electron chi connectivity index (χ1n) is 16.8. The first kappa shape index (κ1) is 33.4. The Morgan fingerprint density at radius 3 is 2.20 bits per heavy atom. The van der Waals surface area contributed by atoms with Crippen LogP contribution in [0.5, 0.6) is 5.75 Å². The van der Waals surface area contributed by atoms with Gasteiger partial charge < -0.3 is 20.3 Å². The van der Waals surface area contributed by atoms with Crippen molar-refractivity contribution < 1.29 is 19.5 Å². The lowest BCUT2D eigenvalue weighted by molar-refractivity contribution is -0.138. The Labute approximate surface area is 272 Å². The van der Waals surface area contributed by atoms with Crippen LogP contribution in [0.4, 0.5) is 5.69 Å². The number of fused-ring (bicyclic) bond motifs is 1. The van der Waals surface area contributed by atoms with E-state index in [0.29, 0.717) is 24.8 Å². The molecule has 9 heteroatoms. The summed E-state index contributed by atoms with van der Waals surface area (Å²) in [4.78, 5) is 44.1. The normalized spacial score (nSPS) is 21.7. The largest absolute Gasteiger partial charge is 0.506 e. The summed E-state index contributed by atoms with van der Waals surface area (Å²) in [5.74, 6) is 0.858. The second-order valence-corrected chi connectivity index (χ2v) is 17.7. The molecule has 0 bridgehead atoms. The summed E-state index contributed by atoms with van der Waals surface area (Å²) in [5, 5.41) is 16.8. The Bertz CT molecular complexity index is 1420. The number of rotatable bonds is 9. The molecular weight excluding hydrogens is 584 g/mol. The zero-order valence-electron chi connectivity index (χ0n) is 28.0. The van der Waals surface area contributed by atoms with E-state index in [4.69, 9.17) is 0 Å². The van der Waals surface area contributed by atoms with E-state index in [9.17, 15) is 19.5 Å². The van der Waals surface area contributed by atoms with Crippen molar-refractivity contribution in [1.29, 1.82) is 0 Å². The van der Waals surface area contributed by atoms with Crippen molar-refractivity contribution in [3.8, 4) is 5.75 Å². The number of aromatic nitrogens is 1. The molecule has 2 aliphatic heterocycles. The molecule has 3 amide bonds. The van der Waals surface area contributed by atoms with Crippen molar-refractivity contribution in [2.75, 3.05) is 31.1 Å². The van der Waals surface area contributed by atoms with E-state index in [1.54, 1.807) is 0 Å². The lowest BCUT2D eigenvalue weighted by Crippen LogP contribution is -2.39. The van der Waals surface area contributed by atoms with Gasteiger partial charge in [0, 0.05) is 67.0 Å². The number of phenolic OH excluding ortho intramolecular Hbond substituents is 1. The van der Waals surface area contributed by atoms with Crippen LogP contribution >= 0.6 is 0 Å². The van der Waals surface area contributed by atoms with Crippen molar-refractivity contribution >= 4 is 46.1 Å². The third-order valence-electron chi connectivity index (χ3n) is 9.51. The molecule has 1 saturated heterocycles. The van der Waals surface area contributed by atoms with E-state index in [0.717, 1.165) is 75.7 Å². The number of piperidine rings is 1. The van der Waals surface area contributed by atoms with Gasteiger partial charge in [0.25, 0.3) is 11.8 Å². The molecule has 3 heterocycles. The first-order chi connectivity index (χ1) is 21.2. The van der Waals surface area contributed by atoms with E-state index >= 15 is 0 Å². The van der Waals surface area contributed by atoms with Gasteiger partial charge in [0.1, 0.15) is 16.2 Å². The Hall–Kier alpha value is -2.94. The van der Waals surface area contributed by atoms with Gasteiger partial charge in [-0.05, 0) is 102 Å². The molecule has 246 valence electrons. The van der Waals surface area contributed by atoms with Gasteiger partial charge in [-0.25, -0.2) is 0 Å². The van der Waals surface area contributed by atoms with Crippen molar-refractivity contribution in [1.82, 2.24) is 15.2 Å². The van der Waals surface area contributed by atoms with Crippen LogP contribution in [0.15, 0.2) is 29.3 Å². The maximum Gasteiger partial charge on any atom is 0.253 e. The SMILES string of the molecule is CC(C)(C)Cc1c([SH+]C(C)(C)C)[nH]c2c(N3CCC(CCNC(=O)C4CCC(CN5C(=O)C=CC5=O)CC4)CC3)c(O)ccc12. The Morgan fingerprint density at radius 1 is 0.956 bits per heavy atom. The molecule has 1 saturated carbocycles. The summed E-state index contributed by atoms with van der Waals surface area (Å²) < 4.78 is 0.122. The molecule has 2 fully saturated rings. The quantitative estimate of drug-likeness (QED) is 0.181. The number of anilines is 1. The molecular formula is C36H53N4O4S+. The number of benzene rings is 1. The number of nitrogens with one attached hydrogen (secondary N) is 2. The van der Waals surface area contributed by atoms with Crippen LogP contribution in [0.3, 0.4) is 0 Å². The molecule has 1 aromatic carbocycles. The van der Waals surface area contributed by atoms with Crippen molar-refractivity contribution in [2.24, 2.45) is 23.2 Å². The summed E-state index contributed by atoms with van der Waals surface area (Å²) in [6, 6.07) is 3.95. The number of carbonyl (C=O) groups excluding carboxylic acids is 3. The average Bonchev–Trinajstić information content (AvgIpc) is 3.45. The molecule has 0 atom stereocenters. The minimum absolute atomic E-state index is 0.0150. The van der Waals surface area contributed by atoms with E-state index in [-0.39, 0.29) is 39.7 Å². The van der Waals surface area contributed by atoms with Crippen LogP contribution in [-0.2, 0) is 32.6 Å². The third-order valence-corrected chi connectivity index (χ3v) is 10.8. The Morgan fingerprint density at radius 2 is 1.60 bits per heavy atom. The number of aromatic amines is 1. The topological polar surface area (TPSA) is 106 Å². The number of amides is 3. The second-order valence-electron chi connectivity index (χ2n) is 15.7. The van der Waals surface area contributed by atoms with Crippen molar-refractivity contribution in [3.63, 3.8) is 0 Å². The monoisotopic (exact) mass is 637 g/mol. The minimum Gasteiger partial charge on any atom is -0.506 e. The standard InChI is InChI=1S/C36H52N4O4S/c1-35(2,3)21-27-26-11-12-28(41)32(31(26)38-34(27)45-36(4,5)6)39-19-16-23(17-20-39)15-18-37-33(44)25-9-7-24(8-10-25)22-40-29(42)13-14-30(40)43/h11-14,23-25,38,41H,7-10,15-22H2,1-6H3,(H,37,44)/p+1. The van der Waals surface area contributed by atoms with Gasteiger partial charge >= 0.3 is 0 Å². The lowest BCUT2D eigenvalue weighted by Gasteiger charge is -2.34. The van der Waals surface area contributed by atoms with Gasteiger partial charge in [-0.15, -0.1) is 0 Å². The Balaban J connectivity index is 1.12. The fraction of sp³-hybridized carbons (Fsp3) is 0.639. The number of nitrogens with zero attached hydrogens (tertiary/aromatic N) is 2. The fourth-order valence-electron chi connectivity index (χ4n) is 7.21. The van der Waals surface area contributed by atoms with Crippen molar-refractivity contribution in [2.45, 2.75) is 103 Å². The molecule has 3 aliphatic rings. The van der Waals surface area contributed by atoms with Gasteiger partial charge in [0.2, 0.25) is 10.9 Å². The van der Waals surface area contributed by atoms with E-state index in [2.05, 4.69) is 62.8 Å². The zero-order valence-corrected chi connectivity index (χ0v) is 28.9. The molecule has 2 aromatic rings. The van der Waals surface area contributed by atoms with E-state index in [1.807, 2.05) is 6.07 Å². The van der Waals surface area contributed by atoms with Gasteiger partial charge in [-0.1, -0.05) is 20.8 Å². The first-order valence-corrected chi connectivity index (χ1v) is 17.7. The van der Waals surface area contributed by atoms with Gasteiger partial charge in [0.15, 0.2) is 0 Å². The smallest absolute Gasteiger partial charge is 0.253 e. The summed E-state index contributed by atoms with van der Waals surface area (Å²) >= 11 is 1.26. The molecule has 1 aliphatic carbocycles. The van der Waals surface area contributed by atoms with Crippen LogP contribution in [0.1, 0.15) is 92.1 Å². The van der Waals surface area contributed by atoms with Gasteiger partial charge in [-0.3, -0.25) is 19.3 Å². The fourth-order valence-corrected chi connectivity index (χ4v) is 8.38. The van der Waals surface area contributed by atoms with Crippen LogP contribution < -0.4 is 10.2 Å². The third kappa shape index (κ3) is 8.27. The van der Waals surface area contributed by atoms with Crippen LogP contribution in [0, 0.1) is 23.2 Å². The maximum atomic E-state index is 12.9. The predicted octanol–water partition coefficient (Wildman–Crippen LogP) is 5.89. The maximum absolute atomic E-state index is 12.9. The molecule has 0 unspecified atom stereocenters. The Kier molecular flexibility index (Phi) is 9.97. The number of carbonyl (C=O) groups is 3. The summed E-state index contributed by atoms with van der Waals surface area (Å²) in [7, 11) is 0. The lowest BCUT2D eigenvalue weighted by atomic mass is 9.81. The highest BCUT2D eigenvalue weighted by Gasteiger charge is 2.33. The number of H-pyrrole nitrogens is 1. The number of thiol groups is 1. The summed E-state index contributed by atoms with van der Waals surface area (Å²) in [6.45, 7) is 16.6. The van der Waals surface area contributed by atoms with E-state index in [1.165, 1.54) is 44.8 Å². The van der Waals surface area contributed by atoms with E-state index < -0.39 is 0 Å². The number of aromatic hydroxyl groups is 1. The van der Waals surface area contributed by atoms with Crippen LogP contribution in [0.2, 0.25) is 0 Å². The van der Waals surface area contributed by atoms with Crippen LogP contribution in [0.25, 0.3) is 10.9 Å². The summed E-state index contributed by atoms with van der Waals surface area (Å²) in [5.41, 5.74) is 3.49. The molecule has 1 aromatic heterocycles. The molecule has 8 nitrogen and oxygen atoms in total. The molecule has 5 rings (SSSR count). The number of hydrogen-bond acceptors (Lipinski definition) is 5. The molecule has 0 spiro atoms. The highest BCUT2D eigenvalue weighted by molar-refractivity contribution is 7.80. The predicted molar refractivity (Wildman–Crippen MR) is 184 cm³/mol.